The molecule has 0 radical (unpaired) electrons. The lowest BCUT2D eigenvalue weighted by molar-refractivity contribution is -0.108. The van der Waals surface area contributed by atoms with Crippen molar-refractivity contribution in [2.24, 2.45) is 5.92 Å². The Bertz CT molecular complexity index is 695. The van der Waals surface area contributed by atoms with E-state index in [0.29, 0.717) is 24.8 Å². The van der Waals surface area contributed by atoms with Gasteiger partial charge in [0.1, 0.15) is 23.6 Å². The van der Waals surface area contributed by atoms with Gasteiger partial charge in [-0.3, -0.25) is 0 Å². The van der Waals surface area contributed by atoms with Crippen LogP contribution in [0.2, 0.25) is 0 Å². The number of aldehydes is 1. The van der Waals surface area contributed by atoms with Crippen molar-refractivity contribution < 1.29 is 18.3 Å². The Balaban J connectivity index is 1.58. The third-order valence-corrected chi connectivity index (χ3v) is 4.87. The molecule has 134 valence electrons. The fourth-order valence-electron chi connectivity index (χ4n) is 3.43. The Morgan fingerprint density at radius 2 is 2.12 bits per heavy atom. The van der Waals surface area contributed by atoms with E-state index in [0.717, 1.165) is 49.0 Å². The van der Waals surface area contributed by atoms with Gasteiger partial charge in [0.15, 0.2) is 0 Å². The standard InChI is InChI=1S/C20H24FNO3/c1-14-19(22-20(25-14)16-7-9-17(21)10-8-16)13-24-18-6-2-4-15(12-18)5-3-11-23/h7-11,15,18H,2-6,12-13H2,1H3/t15-,18-/m0/s1. The van der Waals surface area contributed by atoms with Gasteiger partial charge >= 0.3 is 0 Å². The molecule has 1 aromatic heterocycles. The van der Waals surface area contributed by atoms with E-state index in [9.17, 15) is 9.18 Å². The number of carbonyl (C=O) groups is 1. The summed E-state index contributed by atoms with van der Waals surface area (Å²) in [4.78, 5) is 15.0. The van der Waals surface area contributed by atoms with Crippen LogP contribution >= 0.6 is 0 Å². The Hall–Kier alpha value is -2.01. The first kappa shape index (κ1) is 17.8. The fourth-order valence-corrected chi connectivity index (χ4v) is 3.43. The largest absolute Gasteiger partial charge is 0.441 e. The molecule has 0 unspecified atom stereocenters. The lowest BCUT2D eigenvalue weighted by atomic mass is 9.84. The van der Waals surface area contributed by atoms with Crippen LogP contribution in [0.4, 0.5) is 4.39 Å². The summed E-state index contributed by atoms with van der Waals surface area (Å²) in [7, 11) is 0. The maximum absolute atomic E-state index is 13.0. The molecule has 1 aliphatic rings. The zero-order valence-corrected chi connectivity index (χ0v) is 14.5. The molecule has 0 saturated heterocycles. The molecular weight excluding hydrogens is 321 g/mol. The van der Waals surface area contributed by atoms with Crippen LogP contribution in [-0.4, -0.2) is 17.4 Å². The van der Waals surface area contributed by atoms with Crippen LogP contribution in [-0.2, 0) is 16.1 Å². The van der Waals surface area contributed by atoms with Gasteiger partial charge in [0.2, 0.25) is 5.89 Å². The predicted octanol–water partition coefficient (Wildman–Crippen LogP) is 4.84. The number of nitrogens with zero attached hydrogens (tertiary/aromatic N) is 1. The molecule has 0 aliphatic heterocycles. The number of aryl methyl sites for hydroxylation is 1. The summed E-state index contributed by atoms with van der Waals surface area (Å²) in [5.41, 5.74) is 1.54. The van der Waals surface area contributed by atoms with Crippen molar-refractivity contribution in [2.75, 3.05) is 0 Å². The fraction of sp³-hybridized carbons (Fsp3) is 0.500. The molecule has 0 spiro atoms. The van der Waals surface area contributed by atoms with Crippen LogP contribution < -0.4 is 0 Å². The van der Waals surface area contributed by atoms with Crippen LogP contribution in [0.5, 0.6) is 0 Å². The summed E-state index contributed by atoms with van der Waals surface area (Å²) >= 11 is 0. The maximum Gasteiger partial charge on any atom is 0.226 e. The molecule has 2 aromatic rings. The summed E-state index contributed by atoms with van der Waals surface area (Å²) in [6.07, 6.45) is 7.21. The van der Waals surface area contributed by atoms with Gasteiger partial charge in [0, 0.05) is 12.0 Å². The van der Waals surface area contributed by atoms with Crippen LogP contribution in [0.25, 0.3) is 11.5 Å². The number of benzene rings is 1. The lowest BCUT2D eigenvalue weighted by Crippen LogP contribution is -2.23. The second-order valence-corrected chi connectivity index (χ2v) is 6.74. The highest BCUT2D eigenvalue weighted by atomic mass is 19.1. The average Bonchev–Trinajstić information content (AvgIpc) is 3.00. The minimum atomic E-state index is -0.281. The Morgan fingerprint density at radius 3 is 2.88 bits per heavy atom. The smallest absolute Gasteiger partial charge is 0.226 e. The zero-order valence-electron chi connectivity index (χ0n) is 14.5. The molecule has 1 saturated carbocycles. The monoisotopic (exact) mass is 345 g/mol. The van der Waals surface area contributed by atoms with Crippen molar-refractivity contribution in [3.05, 3.63) is 41.5 Å². The summed E-state index contributed by atoms with van der Waals surface area (Å²) in [5, 5.41) is 0. The van der Waals surface area contributed by atoms with Crippen LogP contribution in [0.1, 0.15) is 50.0 Å². The lowest BCUT2D eigenvalue weighted by Gasteiger charge is -2.28. The second-order valence-electron chi connectivity index (χ2n) is 6.74. The number of hydrogen-bond donors (Lipinski definition) is 0. The van der Waals surface area contributed by atoms with Crippen LogP contribution in [0.3, 0.4) is 0 Å². The third-order valence-electron chi connectivity index (χ3n) is 4.87. The molecule has 1 aliphatic carbocycles. The SMILES string of the molecule is Cc1oc(-c2ccc(F)cc2)nc1CO[C@H]1CCC[C@@H](CCC=O)C1. The quantitative estimate of drug-likeness (QED) is 0.674. The Labute approximate surface area is 147 Å². The van der Waals surface area contributed by atoms with Gasteiger partial charge in [-0.1, -0.05) is 12.8 Å². The van der Waals surface area contributed by atoms with Gasteiger partial charge in [-0.25, -0.2) is 9.37 Å². The van der Waals surface area contributed by atoms with E-state index in [1.54, 1.807) is 12.1 Å². The molecule has 1 aromatic carbocycles. The van der Waals surface area contributed by atoms with Gasteiger partial charge in [-0.15, -0.1) is 0 Å². The molecular formula is C20H24FNO3. The topological polar surface area (TPSA) is 52.3 Å². The second kappa shape index (κ2) is 8.39. The molecule has 0 bridgehead atoms. The molecule has 4 nitrogen and oxygen atoms in total. The number of oxazole rings is 1. The first-order chi connectivity index (χ1) is 12.2. The molecule has 25 heavy (non-hydrogen) atoms. The molecule has 1 heterocycles. The minimum absolute atomic E-state index is 0.218. The van der Waals surface area contributed by atoms with Gasteiger partial charge in [-0.2, -0.15) is 0 Å². The predicted molar refractivity (Wildman–Crippen MR) is 92.5 cm³/mol. The van der Waals surface area contributed by atoms with Crippen molar-refractivity contribution in [3.8, 4) is 11.5 Å². The van der Waals surface area contributed by atoms with E-state index in [1.165, 1.54) is 18.6 Å². The number of ether oxygens (including phenoxy) is 1. The first-order valence-electron chi connectivity index (χ1n) is 8.93. The van der Waals surface area contributed by atoms with E-state index in [2.05, 4.69) is 4.98 Å². The Morgan fingerprint density at radius 1 is 1.32 bits per heavy atom. The van der Waals surface area contributed by atoms with Crippen molar-refractivity contribution >= 4 is 6.29 Å². The van der Waals surface area contributed by atoms with Gasteiger partial charge in [-0.05, 0) is 56.4 Å². The first-order valence-corrected chi connectivity index (χ1v) is 8.93. The Kier molecular flexibility index (Phi) is 5.97. The van der Waals surface area contributed by atoms with E-state index in [-0.39, 0.29) is 11.9 Å². The van der Waals surface area contributed by atoms with Crippen molar-refractivity contribution in [3.63, 3.8) is 0 Å². The van der Waals surface area contributed by atoms with Crippen molar-refractivity contribution in [2.45, 2.75) is 58.2 Å². The average molecular weight is 345 g/mol. The number of halogens is 1. The summed E-state index contributed by atoms with van der Waals surface area (Å²) in [5.74, 6) is 1.52. The molecule has 1 fully saturated rings. The highest BCUT2D eigenvalue weighted by molar-refractivity contribution is 5.53. The highest BCUT2D eigenvalue weighted by Crippen LogP contribution is 2.30. The molecule has 5 heteroatoms. The molecule has 3 rings (SSSR count). The summed E-state index contributed by atoms with van der Waals surface area (Å²) in [6, 6.07) is 6.10. The molecule has 0 amide bonds. The van der Waals surface area contributed by atoms with Crippen LogP contribution in [0.15, 0.2) is 28.7 Å². The number of carbonyl (C=O) groups excluding carboxylic acids is 1. The van der Waals surface area contributed by atoms with E-state index < -0.39 is 0 Å². The highest BCUT2D eigenvalue weighted by Gasteiger charge is 2.23. The molecule has 0 N–H and O–H groups in total. The third kappa shape index (κ3) is 4.75. The number of hydrogen-bond acceptors (Lipinski definition) is 4. The maximum atomic E-state index is 13.0. The summed E-state index contributed by atoms with van der Waals surface area (Å²) in [6.45, 7) is 2.29. The van der Waals surface area contributed by atoms with Crippen molar-refractivity contribution in [1.82, 2.24) is 4.98 Å². The van der Waals surface area contributed by atoms with Gasteiger partial charge in [0.05, 0.1) is 12.7 Å². The number of aromatic nitrogens is 1. The minimum Gasteiger partial charge on any atom is -0.441 e. The zero-order chi connectivity index (χ0) is 17.6. The molecule has 2 atom stereocenters. The van der Waals surface area contributed by atoms with Gasteiger partial charge in [0.25, 0.3) is 0 Å². The normalized spacial score (nSPS) is 20.6. The summed E-state index contributed by atoms with van der Waals surface area (Å²) < 4.78 is 24.8. The number of rotatable bonds is 7. The van der Waals surface area contributed by atoms with Crippen LogP contribution in [0, 0.1) is 18.7 Å². The van der Waals surface area contributed by atoms with E-state index in [1.807, 2.05) is 6.92 Å². The van der Waals surface area contributed by atoms with E-state index in [4.69, 9.17) is 9.15 Å². The van der Waals surface area contributed by atoms with E-state index >= 15 is 0 Å². The van der Waals surface area contributed by atoms with Gasteiger partial charge < -0.3 is 13.9 Å². The van der Waals surface area contributed by atoms with Crippen molar-refractivity contribution in [1.29, 1.82) is 0 Å².